The van der Waals surface area contributed by atoms with Crippen molar-refractivity contribution in [2.75, 3.05) is 25.1 Å². The fourth-order valence-electron chi connectivity index (χ4n) is 4.07. The molecule has 0 heterocycles. The number of anilines is 1. The quantitative estimate of drug-likeness (QED) is 0.546. The summed E-state index contributed by atoms with van der Waals surface area (Å²) in [4.78, 5) is 13.2. The Hall–Kier alpha value is -3.21. The van der Waals surface area contributed by atoms with E-state index in [2.05, 4.69) is 29.6 Å². The van der Waals surface area contributed by atoms with Gasteiger partial charge in [-0.1, -0.05) is 24.3 Å². The number of benzene rings is 3. The Morgan fingerprint density at radius 3 is 2.13 bits per heavy atom. The molecule has 1 amide bonds. The van der Waals surface area contributed by atoms with Gasteiger partial charge in [-0.3, -0.25) is 4.79 Å². The van der Waals surface area contributed by atoms with Crippen molar-refractivity contribution in [3.05, 3.63) is 59.2 Å². The van der Waals surface area contributed by atoms with E-state index in [9.17, 15) is 4.79 Å². The second kappa shape index (κ2) is 8.66. The molecule has 0 saturated heterocycles. The lowest BCUT2D eigenvalue weighted by Gasteiger charge is -2.17. The summed E-state index contributed by atoms with van der Waals surface area (Å²) in [5, 5.41) is 5.43. The molecule has 0 radical (unpaired) electrons. The average molecular weight is 405 g/mol. The molecule has 5 heteroatoms. The van der Waals surface area contributed by atoms with Crippen LogP contribution in [0.2, 0.25) is 0 Å². The summed E-state index contributed by atoms with van der Waals surface area (Å²) in [6, 6.07) is 13.8. The molecular formula is C25H27NO4. The molecule has 0 aromatic heterocycles. The molecule has 1 N–H and O–H groups in total. The molecule has 0 bridgehead atoms. The number of hydrogen-bond donors (Lipinski definition) is 1. The highest BCUT2D eigenvalue weighted by Crippen LogP contribution is 2.40. The van der Waals surface area contributed by atoms with Crippen LogP contribution in [0.1, 0.15) is 42.3 Å². The monoisotopic (exact) mass is 405 g/mol. The second-order valence-electron chi connectivity index (χ2n) is 7.17. The molecule has 0 saturated carbocycles. The van der Waals surface area contributed by atoms with E-state index in [1.165, 1.54) is 16.5 Å². The van der Waals surface area contributed by atoms with Crippen LogP contribution >= 0.6 is 0 Å². The smallest absolute Gasteiger partial charge is 0.255 e. The highest BCUT2D eigenvalue weighted by Gasteiger charge is 2.20. The maximum atomic E-state index is 13.2. The Labute approximate surface area is 177 Å². The number of nitrogens with one attached hydrogen (secondary N) is 1. The van der Waals surface area contributed by atoms with Crippen LogP contribution in [0.4, 0.5) is 5.69 Å². The first-order valence-corrected chi connectivity index (χ1v) is 10.6. The third-order valence-electron chi connectivity index (χ3n) is 5.30. The molecule has 1 aliphatic carbocycles. The molecular weight excluding hydrogens is 378 g/mol. The topological polar surface area (TPSA) is 56.8 Å². The van der Waals surface area contributed by atoms with Gasteiger partial charge in [0, 0.05) is 16.6 Å². The number of hydrogen-bond acceptors (Lipinski definition) is 4. The van der Waals surface area contributed by atoms with Gasteiger partial charge in [0.2, 0.25) is 5.75 Å². The Kier molecular flexibility index (Phi) is 5.79. The highest BCUT2D eigenvalue weighted by molar-refractivity contribution is 6.10. The number of carbonyl (C=O) groups excluding carboxylic acids is 1. The van der Waals surface area contributed by atoms with E-state index in [1.54, 1.807) is 12.1 Å². The predicted octanol–water partition coefficient (Wildman–Crippen LogP) is 5.39. The van der Waals surface area contributed by atoms with Crippen LogP contribution in [0.5, 0.6) is 17.2 Å². The Balaban J connectivity index is 1.71. The first kappa shape index (κ1) is 20.1. The van der Waals surface area contributed by atoms with Crippen LogP contribution in [0.15, 0.2) is 42.5 Å². The van der Waals surface area contributed by atoms with E-state index in [0.29, 0.717) is 42.6 Å². The number of amides is 1. The lowest BCUT2D eigenvalue weighted by molar-refractivity contribution is 0.102. The van der Waals surface area contributed by atoms with Gasteiger partial charge in [0.25, 0.3) is 5.91 Å². The maximum absolute atomic E-state index is 13.2. The molecule has 0 unspecified atom stereocenters. The Morgan fingerprint density at radius 2 is 1.50 bits per heavy atom. The second-order valence-corrected chi connectivity index (χ2v) is 7.17. The number of ether oxygens (including phenoxy) is 3. The number of aryl methyl sites for hydroxylation is 2. The third-order valence-corrected chi connectivity index (χ3v) is 5.30. The van der Waals surface area contributed by atoms with Crippen molar-refractivity contribution in [3.63, 3.8) is 0 Å². The summed E-state index contributed by atoms with van der Waals surface area (Å²) in [5.74, 6) is 1.34. The SMILES string of the molecule is CCOc1cc(C(=O)Nc2ccc3c4c(cccc24)CC3)cc(OCC)c1OCC. The molecule has 5 nitrogen and oxygen atoms in total. The maximum Gasteiger partial charge on any atom is 0.255 e. The third kappa shape index (κ3) is 3.67. The summed E-state index contributed by atoms with van der Waals surface area (Å²) >= 11 is 0. The lowest BCUT2D eigenvalue weighted by Crippen LogP contribution is -2.13. The molecule has 0 aliphatic heterocycles. The van der Waals surface area contributed by atoms with Crippen molar-refractivity contribution in [2.45, 2.75) is 33.6 Å². The molecule has 30 heavy (non-hydrogen) atoms. The first-order chi connectivity index (χ1) is 14.7. The average Bonchev–Trinajstić information content (AvgIpc) is 3.17. The van der Waals surface area contributed by atoms with Crippen molar-refractivity contribution < 1.29 is 19.0 Å². The molecule has 0 fully saturated rings. The van der Waals surface area contributed by atoms with Gasteiger partial charge in [0.05, 0.1) is 19.8 Å². The molecule has 3 aromatic rings. The summed E-state index contributed by atoms with van der Waals surface area (Å²) < 4.78 is 17.2. The molecule has 1 aliphatic rings. The van der Waals surface area contributed by atoms with Crippen molar-refractivity contribution in [2.24, 2.45) is 0 Å². The van der Waals surface area contributed by atoms with E-state index in [4.69, 9.17) is 14.2 Å². The van der Waals surface area contributed by atoms with Gasteiger partial charge in [0.15, 0.2) is 11.5 Å². The van der Waals surface area contributed by atoms with Crippen LogP contribution < -0.4 is 19.5 Å². The van der Waals surface area contributed by atoms with E-state index in [0.717, 1.165) is 23.9 Å². The highest BCUT2D eigenvalue weighted by atomic mass is 16.5. The molecule has 156 valence electrons. The van der Waals surface area contributed by atoms with Gasteiger partial charge in [-0.05, 0) is 68.3 Å². The summed E-state index contributed by atoms with van der Waals surface area (Å²) in [6.45, 7) is 7.11. The van der Waals surface area contributed by atoms with Crippen LogP contribution in [0.25, 0.3) is 10.8 Å². The standard InChI is InChI=1S/C25H27NO4/c1-4-28-21-14-18(15-22(29-5-2)24(21)30-6-3)25(27)26-20-13-12-17-11-10-16-8-7-9-19(20)23(16)17/h7-9,12-15H,4-6,10-11H2,1-3H3,(H,26,27). The van der Waals surface area contributed by atoms with Crippen molar-refractivity contribution in [1.82, 2.24) is 0 Å². The van der Waals surface area contributed by atoms with Gasteiger partial charge in [-0.2, -0.15) is 0 Å². The van der Waals surface area contributed by atoms with Crippen molar-refractivity contribution >= 4 is 22.4 Å². The largest absolute Gasteiger partial charge is 0.490 e. The van der Waals surface area contributed by atoms with Crippen LogP contribution in [0, 0.1) is 0 Å². The van der Waals surface area contributed by atoms with Gasteiger partial charge >= 0.3 is 0 Å². The lowest BCUT2D eigenvalue weighted by atomic mass is 10.0. The fraction of sp³-hybridized carbons (Fsp3) is 0.320. The van der Waals surface area contributed by atoms with Crippen LogP contribution in [-0.2, 0) is 12.8 Å². The molecule has 0 atom stereocenters. The molecule has 4 rings (SSSR count). The van der Waals surface area contributed by atoms with Crippen LogP contribution in [-0.4, -0.2) is 25.7 Å². The van der Waals surface area contributed by atoms with Gasteiger partial charge in [-0.15, -0.1) is 0 Å². The zero-order valence-electron chi connectivity index (χ0n) is 17.7. The first-order valence-electron chi connectivity index (χ1n) is 10.6. The predicted molar refractivity (Wildman–Crippen MR) is 119 cm³/mol. The van der Waals surface area contributed by atoms with E-state index >= 15 is 0 Å². The van der Waals surface area contributed by atoms with E-state index < -0.39 is 0 Å². The Morgan fingerprint density at radius 1 is 0.867 bits per heavy atom. The number of rotatable bonds is 8. The summed E-state index contributed by atoms with van der Waals surface area (Å²) in [5.41, 5.74) is 3.97. The number of carbonyl (C=O) groups is 1. The zero-order chi connectivity index (χ0) is 21.1. The van der Waals surface area contributed by atoms with Gasteiger partial charge in [-0.25, -0.2) is 0 Å². The van der Waals surface area contributed by atoms with Crippen molar-refractivity contribution in [3.8, 4) is 17.2 Å². The van der Waals surface area contributed by atoms with Gasteiger partial charge < -0.3 is 19.5 Å². The van der Waals surface area contributed by atoms with Crippen LogP contribution in [0.3, 0.4) is 0 Å². The fourth-order valence-corrected chi connectivity index (χ4v) is 4.07. The van der Waals surface area contributed by atoms with E-state index in [-0.39, 0.29) is 5.91 Å². The Bertz CT molecular complexity index is 1050. The minimum Gasteiger partial charge on any atom is -0.490 e. The van der Waals surface area contributed by atoms with Gasteiger partial charge in [0.1, 0.15) is 0 Å². The van der Waals surface area contributed by atoms with Crippen molar-refractivity contribution in [1.29, 1.82) is 0 Å². The molecule has 0 spiro atoms. The summed E-state index contributed by atoms with van der Waals surface area (Å²) in [7, 11) is 0. The molecule has 3 aromatic carbocycles. The summed E-state index contributed by atoms with van der Waals surface area (Å²) in [6.07, 6.45) is 2.11. The minimum atomic E-state index is -0.210. The normalized spacial score (nSPS) is 12.1. The zero-order valence-corrected chi connectivity index (χ0v) is 17.7. The van der Waals surface area contributed by atoms with E-state index in [1.807, 2.05) is 26.8 Å². The minimum absolute atomic E-state index is 0.210.